The van der Waals surface area contributed by atoms with Gasteiger partial charge < -0.3 is 4.42 Å². The Labute approximate surface area is 186 Å². The molecule has 2 heterocycles. The summed E-state index contributed by atoms with van der Waals surface area (Å²) in [4.78, 5) is 4.57. The first kappa shape index (κ1) is 19.8. The van der Waals surface area contributed by atoms with E-state index in [9.17, 15) is 5.26 Å². The molecule has 0 aliphatic heterocycles. The number of furan rings is 1. The monoisotopic (exact) mass is 456 g/mol. The molecule has 7 heteroatoms. The predicted molar refractivity (Wildman–Crippen MR) is 120 cm³/mol. The summed E-state index contributed by atoms with van der Waals surface area (Å²) in [5.41, 5.74) is 2.74. The van der Waals surface area contributed by atoms with Crippen LogP contribution >= 0.6 is 46.1 Å². The summed E-state index contributed by atoms with van der Waals surface area (Å²) in [5, 5.41) is 13.8. The van der Waals surface area contributed by atoms with Crippen LogP contribution in [0.25, 0.3) is 34.2 Å². The number of thiazole rings is 1. The van der Waals surface area contributed by atoms with Crippen molar-refractivity contribution in [3.8, 4) is 28.7 Å². The lowest BCUT2D eigenvalue weighted by molar-refractivity contribution is 0.572. The molecule has 0 aliphatic carbocycles. The summed E-state index contributed by atoms with van der Waals surface area (Å²) in [7, 11) is 0. The summed E-state index contributed by atoms with van der Waals surface area (Å²) in [6.45, 7) is 0. The van der Waals surface area contributed by atoms with Gasteiger partial charge in [0.15, 0.2) is 0 Å². The van der Waals surface area contributed by atoms with Gasteiger partial charge in [0.2, 0.25) is 0 Å². The summed E-state index contributed by atoms with van der Waals surface area (Å²) in [6, 6.07) is 18.4. The van der Waals surface area contributed by atoms with Crippen molar-refractivity contribution in [2.75, 3.05) is 0 Å². The second-order valence-electron chi connectivity index (χ2n) is 6.01. The second-order valence-corrected chi connectivity index (χ2v) is 8.12. The fourth-order valence-corrected chi connectivity index (χ4v) is 4.24. The van der Waals surface area contributed by atoms with E-state index < -0.39 is 0 Å². The Balaban J connectivity index is 1.65. The van der Waals surface area contributed by atoms with Crippen molar-refractivity contribution in [3.63, 3.8) is 0 Å². The van der Waals surface area contributed by atoms with E-state index >= 15 is 0 Å². The van der Waals surface area contributed by atoms with Crippen LogP contribution in [-0.4, -0.2) is 4.98 Å². The summed E-state index contributed by atoms with van der Waals surface area (Å²) >= 11 is 19.8. The molecule has 0 saturated heterocycles. The molecule has 0 fully saturated rings. The average Bonchev–Trinajstić information content (AvgIpc) is 3.37. The summed E-state index contributed by atoms with van der Waals surface area (Å²) < 4.78 is 5.86. The number of aromatic nitrogens is 1. The van der Waals surface area contributed by atoms with Gasteiger partial charge in [0.05, 0.1) is 26.9 Å². The van der Waals surface area contributed by atoms with Gasteiger partial charge in [-0.2, -0.15) is 5.26 Å². The molecule has 0 spiro atoms. The minimum atomic E-state index is 0.404. The molecule has 0 bridgehead atoms. The third kappa shape index (κ3) is 4.24. The molecule has 0 saturated carbocycles. The molecule has 3 nitrogen and oxygen atoms in total. The molecule has 29 heavy (non-hydrogen) atoms. The summed E-state index contributed by atoms with van der Waals surface area (Å²) in [5.74, 6) is 1.04. The van der Waals surface area contributed by atoms with Crippen molar-refractivity contribution < 1.29 is 4.42 Å². The van der Waals surface area contributed by atoms with Gasteiger partial charge in [0.1, 0.15) is 22.6 Å². The fraction of sp³-hybridized carbons (Fsp3) is 0. The van der Waals surface area contributed by atoms with Gasteiger partial charge in [-0.3, -0.25) is 0 Å². The number of halogens is 3. The first-order chi connectivity index (χ1) is 14.0. The maximum Gasteiger partial charge on any atom is 0.137 e. The van der Waals surface area contributed by atoms with E-state index in [2.05, 4.69) is 11.1 Å². The highest BCUT2D eigenvalue weighted by Crippen LogP contribution is 2.36. The van der Waals surface area contributed by atoms with Crippen LogP contribution in [0.4, 0.5) is 0 Å². The van der Waals surface area contributed by atoms with Crippen LogP contribution in [-0.2, 0) is 0 Å². The molecule has 0 radical (unpaired) electrons. The number of nitrogens with zero attached hydrogens (tertiary/aromatic N) is 2. The number of hydrogen-bond acceptors (Lipinski definition) is 4. The van der Waals surface area contributed by atoms with Crippen LogP contribution in [0.15, 0.2) is 64.4 Å². The lowest BCUT2D eigenvalue weighted by atomic mass is 10.2. The van der Waals surface area contributed by atoms with Gasteiger partial charge in [-0.1, -0.05) is 53.0 Å². The van der Waals surface area contributed by atoms with Crippen molar-refractivity contribution in [3.05, 3.63) is 85.8 Å². The van der Waals surface area contributed by atoms with E-state index in [0.29, 0.717) is 42.7 Å². The largest absolute Gasteiger partial charge is 0.457 e. The molecule has 4 rings (SSSR count). The van der Waals surface area contributed by atoms with Crippen molar-refractivity contribution in [1.29, 1.82) is 5.26 Å². The third-order valence-corrected chi connectivity index (χ3v) is 5.88. The highest BCUT2D eigenvalue weighted by molar-refractivity contribution is 7.11. The first-order valence-electron chi connectivity index (χ1n) is 8.43. The lowest BCUT2D eigenvalue weighted by Crippen LogP contribution is -1.82. The molecular formula is C22H11Cl3N2OS. The lowest BCUT2D eigenvalue weighted by Gasteiger charge is -2.02. The summed E-state index contributed by atoms with van der Waals surface area (Å²) in [6.07, 6.45) is 1.65. The van der Waals surface area contributed by atoms with Crippen LogP contribution in [0, 0.1) is 11.3 Å². The number of hydrogen-bond donors (Lipinski definition) is 0. The normalized spacial score (nSPS) is 11.4. The minimum Gasteiger partial charge on any atom is -0.457 e. The molecule has 0 aliphatic rings. The number of allylic oxidation sites excluding steroid dienone is 1. The molecule has 142 valence electrons. The van der Waals surface area contributed by atoms with Gasteiger partial charge in [-0.15, -0.1) is 11.3 Å². The van der Waals surface area contributed by atoms with Crippen molar-refractivity contribution in [1.82, 2.24) is 4.98 Å². The van der Waals surface area contributed by atoms with E-state index in [1.165, 1.54) is 11.3 Å². The molecule has 0 atom stereocenters. The SMILES string of the molecule is N#C/C(=C\c1ccc(-c2c(Cl)cccc2Cl)o1)c1nc(-c2ccc(Cl)cc2)cs1. The smallest absolute Gasteiger partial charge is 0.137 e. The molecule has 2 aromatic heterocycles. The van der Waals surface area contributed by atoms with E-state index in [1.54, 1.807) is 48.5 Å². The number of benzene rings is 2. The van der Waals surface area contributed by atoms with Gasteiger partial charge in [-0.05, 0) is 36.4 Å². The zero-order valence-corrected chi connectivity index (χ0v) is 17.8. The molecule has 0 amide bonds. The van der Waals surface area contributed by atoms with Gasteiger partial charge in [-0.25, -0.2) is 4.98 Å². The van der Waals surface area contributed by atoms with Crippen LogP contribution in [0.1, 0.15) is 10.8 Å². The van der Waals surface area contributed by atoms with Gasteiger partial charge >= 0.3 is 0 Å². The first-order valence-corrected chi connectivity index (χ1v) is 10.4. The zero-order valence-electron chi connectivity index (χ0n) is 14.7. The van der Waals surface area contributed by atoms with Gasteiger partial charge in [0.25, 0.3) is 0 Å². The Morgan fingerprint density at radius 1 is 1.00 bits per heavy atom. The molecular weight excluding hydrogens is 447 g/mol. The minimum absolute atomic E-state index is 0.404. The molecule has 0 unspecified atom stereocenters. The van der Waals surface area contributed by atoms with E-state index in [4.69, 9.17) is 39.2 Å². The standard InChI is InChI=1S/C22H11Cl3N2OS/c23-15-6-4-13(5-7-15)19-12-29-22(27-19)14(11-26)10-16-8-9-20(28-16)21-17(24)2-1-3-18(21)25/h1-10,12H/b14-10+. The Kier molecular flexibility index (Phi) is 5.75. The highest BCUT2D eigenvalue weighted by atomic mass is 35.5. The maximum atomic E-state index is 9.62. The average molecular weight is 458 g/mol. The van der Waals surface area contributed by atoms with Crippen molar-refractivity contribution in [2.24, 2.45) is 0 Å². The van der Waals surface area contributed by atoms with E-state index in [1.807, 2.05) is 17.5 Å². The Hall–Kier alpha value is -2.55. The van der Waals surface area contributed by atoms with Crippen LogP contribution in [0.2, 0.25) is 15.1 Å². The molecule has 0 N–H and O–H groups in total. The number of rotatable bonds is 4. The maximum absolute atomic E-state index is 9.62. The second kappa shape index (κ2) is 8.44. The van der Waals surface area contributed by atoms with E-state index in [-0.39, 0.29) is 0 Å². The molecule has 2 aromatic carbocycles. The van der Waals surface area contributed by atoms with Gasteiger partial charge in [0, 0.05) is 22.0 Å². The number of nitriles is 1. The quantitative estimate of drug-likeness (QED) is 0.291. The third-order valence-electron chi connectivity index (χ3n) is 4.12. The van der Waals surface area contributed by atoms with Crippen LogP contribution in [0.3, 0.4) is 0 Å². The fourth-order valence-electron chi connectivity index (χ4n) is 2.73. The molecule has 4 aromatic rings. The van der Waals surface area contributed by atoms with Crippen molar-refractivity contribution in [2.45, 2.75) is 0 Å². The topological polar surface area (TPSA) is 49.8 Å². The Morgan fingerprint density at radius 2 is 1.72 bits per heavy atom. The van der Waals surface area contributed by atoms with Crippen LogP contribution < -0.4 is 0 Å². The Morgan fingerprint density at radius 3 is 2.41 bits per heavy atom. The van der Waals surface area contributed by atoms with E-state index in [0.717, 1.165) is 11.3 Å². The van der Waals surface area contributed by atoms with Crippen molar-refractivity contribution >= 4 is 57.8 Å². The Bertz CT molecular complexity index is 1230. The van der Waals surface area contributed by atoms with Crippen LogP contribution in [0.5, 0.6) is 0 Å². The predicted octanol–water partition coefficient (Wildman–Crippen LogP) is 8.09. The zero-order chi connectivity index (χ0) is 20.4. The highest BCUT2D eigenvalue weighted by Gasteiger charge is 2.14.